The fourth-order valence-corrected chi connectivity index (χ4v) is 2.90. The molecule has 1 aliphatic carbocycles. The van der Waals surface area contributed by atoms with E-state index < -0.39 is 17.6 Å². The zero-order valence-electron chi connectivity index (χ0n) is 18.0. The minimum absolute atomic E-state index is 0.0210. The van der Waals surface area contributed by atoms with Gasteiger partial charge in [0, 0.05) is 37.5 Å². The van der Waals surface area contributed by atoms with Crippen LogP contribution in [0.2, 0.25) is 0 Å². The van der Waals surface area contributed by atoms with Gasteiger partial charge in [-0.15, -0.1) is 0 Å². The van der Waals surface area contributed by atoms with Crippen molar-refractivity contribution in [1.82, 2.24) is 15.3 Å². The number of halogens is 2. The van der Waals surface area contributed by atoms with Gasteiger partial charge in [-0.05, 0) is 23.1 Å². The van der Waals surface area contributed by atoms with E-state index in [0.717, 1.165) is 6.08 Å². The van der Waals surface area contributed by atoms with E-state index in [1.165, 1.54) is 18.6 Å². The van der Waals surface area contributed by atoms with Crippen molar-refractivity contribution in [3.63, 3.8) is 0 Å². The standard InChI is InChI=1S/C23H28F2N4O/c1-7-18(24)21(26-6)29-14-15(2)16-10-8-11-17(23(3,4)5)20(19(16)25)30-22-27-12-9-13-28-22/h7-15,17,26H,1H2,2-6H3/b21-18+,29-14?. The number of ether oxygens (including phenoxy) is 1. The Labute approximate surface area is 176 Å². The number of nitrogens with zero attached hydrogens (tertiary/aromatic N) is 3. The lowest BCUT2D eigenvalue weighted by Gasteiger charge is -2.29. The van der Waals surface area contributed by atoms with Gasteiger partial charge in [-0.1, -0.05) is 52.5 Å². The predicted octanol–water partition coefficient (Wildman–Crippen LogP) is 5.45. The number of aromatic nitrogens is 2. The molecule has 0 saturated carbocycles. The van der Waals surface area contributed by atoms with Gasteiger partial charge in [0.2, 0.25) is 0 Å². The molecule has 1 aromatic heterocycles. The fraction of sp³-hybridized carbons (Fsp3) is 0.348. The largest absolute Gasteiger partial charge is 0.425 e. The summed E-state index contributed by atoms with van der Waals surface area (Å²) >= 11 is 0. The minimum Gasteiger partial charge on any atom is -0.425 e. The van der Waals surface area contributed by atoms with Crippen molar-refractivity contribution in [1.29, 1.82) is 0 Å². The first-order valence-corrected chi connectivity index (χ1v) is 9.66. The summed E-state index contributed by atoms with van der Waals surface area (Å²) in [4.78, 5) is 12.2. The molecule has 2 atom stereocenters. The van der Waals surface area contributed by atoms with Crippen molar-refractivity contribution in [2.24, 2.45) is 22.2 Å². The van der Waals surface area contributed by atoms with Crippen molar-refractivity contribution < 1.29 is 13.5 Å². The third-order valence-corrected chi connectivity index (χ3v) is 4.57. The van der Waals surface area contributed by atoms with E-state index in [1.54, 1.807) is 32.2 Å². The molecule has 160 valence electrons. The second-order valence-electron chi connectivity index (χ2n) is 7.88. The van der Waals surface area contributed by atoms with Gasteiger partial charge < -0.3 is 10.1 Å². The molecule has 7 heteroatoms. The molecular formula is C23H28F2N4O. The number of hydrogen-bond acceptors (Lipinski definition) is 5. The van der Waals surface area contributed by atoms with Crippen LogP contribution in [-0.4, -0.2) is 23.2 Å². The van der Waals surface area contributed by atoms with E-state index in [2.05, 4.69) is 26.9 Å². The van der Waals surface area contributed by atoms with E-state index >= 15 is 4.39 Å². The third-order valence-electron chi connectivity index (χ3n) is 4.57. The lowest BCUT2D eigenvalue weighted by atomic mass is 9.79. The first-order chi connectivity index (χ1) is 14.2. The summed E-state index contributed by atoms with van der Waals surface area (Å²) in [6.07, 6.45) is 11.0. The molecule has 30 heavy (non-hydrogen) atoms. The van der Waals surface area contributed by atoms with Crippen LogP contribution in [0.15, 0.2) is 83.1 Å². The van der Waals surface area contributed by atoms with Gasteiger partial charge in [0.1, 0.15) is 0 Å². The Balaban J connectivity index is 2.46. The molecular weight excluding hydrogens is 386 g/mol. The highest BCUT2D eigenvalue weighted by atomic mass is 19.1. The molecule has 2 rings (SSSR count). The summed E-state index contributed by atoms with van der Waals surface area (Å²) in [5.41, 5.74) is 0.0513. The first kappa shape index (κ1) is 23.2. The Morgan fingerprint density at radius 3 is 2.57 bits per heavy atom. The van der Waals surface area contributed by atoms with Crippen LogP contribution in [0.1, 0.15) is 27.7 Å². The van der Waals surface area contributed by atoms with Crippen molar-refractivity contribution in [3.8, 4) is 6.01 Å². The summed E-state index contributed by atoms with van der Waals surface area (Å²) in [6, 6.07) is 1.73. The summed E-state index contributed by atoms with van der Waals surface area (Å²) in [7, 11) is 1.55. The molecule has 0 aromatic carbocycles. The third kappa shape index (κ3) is 5.72. The Kier molecular flexibility index (Phi) is 7.80. The molecule has 1 heterocycles. The summed E-state index contributed by atoms with van der Waals surface area (Å²) in [5, 5.41) is 2.66. The Hall–Kier alpha value is -3.09. The maximum absolute atomic E-state index is 15.7. The highest BCUT2D eigenvalue weighted by molar-refractivity contribution is 5.68. The van der Waals surface area contributed by atoms with Crippen LogP contribution in [0.5, 0.6) is 6.01 Å². The van der Waals surface area contributed by atoms with Gasteiger partial charge in [-0.25, -0.2) is 23.7 Å². The van der Waals surface area contributed by atoms with Gasteiger partial charge in [0.15, 0.2) is 23.2 Å². The quantitative estimate of drug-likeness (QED) is 0.476. The highest BCUT2D eigenvalue weighted by Gasteiger charge is 2.33. The molecule has 0 saturated heterocycles. The summed E-state index contributed by atoms with van der Waals surface area (Å²) in [6.45, 7) is 11.2. The number of nitrogens with one attached hydrogen (secondary N) is 1. The Morgan fingerprint density at radius 1 is 1.33 bits per heavy atom. The molecule has 1 aliphatic rings. The van der Waals surface area contributed by atoms with Gasteiger partial charge in [0.25, 0.3) is 0 Å². The van der Waals surface area contributed by atoms with Crippen LogP contribution in [0.4, 0.5) is 8.78 Å². The monoisotopic (exact) mass is 414 g/mol. The lowest BCUT2D eigenvalue weighted by molar-refractivity contribution is 0.232. The first-order valence-electron chi connectivity index (χ1n) is 9.66. The Bertz CT molecular complexity index is 909. The van der Waals surface area contributed by atoms with Gasteiger partial charge in [-0.3, -0.25) is 0 Å². The van der Waals surface area contributed by atoms with Crippen LogP contribution in [0.3, 0.4) is 0 Å². The SMILES string of the molecule is C=C/C(F)=C(\N=CC(C)C1=CC=CC(C(C)(C)C)C(Oc2ncccn2)=C1F)NC. The zero-order valence-corrected chi connectivity index (χ0v) is 18.0. The van der Waals surface area contributed by atoms with E-state index in [0.29, 0.717) is 5.57 Å². The second kappa shape index (κ2) is 10.1. The average Bonchev–Trinajstić information content (AvgIpc) is 2.88. The summed E-state index contributed by atoms with van der Waals surface area (Å²) < 4.78 is 35.3. The molecule has 0 bridgehead atoms. The second-order valence-corrected chi connectivity index (χ2v) is 7.88. The highest BCUT2D eigenvalue weighted by Crippen LogP contribution is 2.40. The van der Waals surface area contributed by atoms with Crippen LogP contribution in [0, 0.1) is 17.3 Å². The van der Waals surface area contributed by atoms with Crippen molar-refractivity contribution in [2.45, 2.75) is 27.7 Å². The van der Waals surface area contributed by atoms with Gasteiger partial charge in [0.05, 0.1) is 0 Å². The van der Waals surface area contributed by atoms with Crippen LogP contribution in [-0.2, 0) is 0 Å². The van der Waals surface area contributed by atoms with Crippen LogP contribution in [0.25, 0.3) is 0 Å². The molecule has 1 N–H and O–H groups in total. The molecule has 0 spiro atoms. The maximum Gasteiger partial charge on any atom is 0.321 e. The molecule has 0 aliphatic heterocycles. The number of hydrogen-bond donors (Lipinski definition) is 1. The Morgan fingerprint density at radius 2 is 2.00 bits per heavy atom. The van der Waals surface area contributed by atoms with Crippen LogP contribution >= 0.6 is 0 Å². The maximum atomic E-state index is 15.7. The molecule has 1 aromatic rings. The van der Waals surface area contributed by atoms with Gasteiger partial charge >= 0.3 is 6.01 Å². The molecule has 5 nitrogen and oxygen atoms in total. The molecule has 0 amide bonds. The minimum atomic E-state index is -0.593. The average molecular weight is 415 g/mol. The zero-order chi connectivity index (χ0) is 22.3. The number of aliphatic imine (C=N–C) groups is 1. The normalized spacial score (nSPS) is 19.2. The molecule has 0 radical (unpaired) electrons. The smallest absolute Gasteiger partial charge is 0.321 e. The number of allylic oxidation sites excluding steroid dienone is 7. The van der Waals surface area contributed by atoms with Crippen LogP contribution < -0.4 is 10.1 Å². The van der Waals surface area contributed by atoms with Crippen molar-refractivity contribution in [2.75, 3.05) is 7.05 Å². The number of rotatable bonds is 7. The van der Waals surface area contributed by atoms with E-state index in [9.17, 15) is 4.39 Å². The van der Waals surface area contributed by atoms with Gasteiger partial charge in [-0.2, -0.15) is 0 Å². The lowest BCUT2D eigenvalue weighted by Crippen LogP contribution is -2.25. The summed E-state index contributed by atoms with van der Waals surface area (Å²) in [5.74, 6) is -1.74. The predicted molar refractivity (Wildman–Crippen MR) is 116 cm³/mol. The van der Waals surface area contributed by atoms with E-state index in [-0.39, 0.29) is 28.9 Å². The van der Waals surface area contributed by atoms with Crippen molar-refractivity contribution in [3.05, 3.63) is 78.2 Å². The van der Waals surface area contributed by atoms with E-state index in [4.69, 9.17) is 4.74 Å². The fourth-order valence-electron chi connectivity index (χ4n) is 2.90. The van der Waals surface area contributed by atoms with Crippen molar-refractivity contribution >= 4 is 6.21 Å². The molecule has 2 unspecified atom stereocenters. The van der Waals surface area contributed by atoms with E-state index in [1.807, 2.05) is 26.8 Å². The topological polar surface area (TPSA) is 59.4 Å². The molecule has 0 fully saturated rings.